The number of carbonyl (C=O) groups excluding carboxylic acids is 2. The molecule has 2 amide bonds. The van der Waals surface area contributed by atoms with Gasteiger partial charge in [-0.25, -0.2) is 4.79 Å². The van der Waals surface area contributed by atoms with E-state index in [0.29, 0.717) is 31.7 Å². The first-order valence-electron chi connectivity index (χ1n) is 8.02. The van der Waals surface area contributed by atoms with Crippen molar-refractivity contribution >= 4 is 12.0 Å². The first kappa shape index (κ1) is 16.1. The second kappa shape index (κ2) is 7.68. The molecule has 0 saturated carbocycles. The number of benzene rings is 1. The summed E-state index contributed by atoms with van der Waals surface area (Å²) in [4.78, 5) is 25.8. The van der Waals surface area contributed by atoms with E-state index in [2.05, 4.69) is 5.32 Å². The van der Waals surface area contributed by atoms with Crippen molar-refractivity contribution in [2.24, 2.45) is 0 Å². The number of alkyl carbamates (subject to hydrolysis) is 1. The van der Waals surface area contributed by atoms with Crippen LogP contribution in [0.15, 0.2) is 53.1 Å². The lowest BCUT2D eigenvalue weighted by molar-refractivity contribution is 0.0669. The molecule has 126 valence electrons. The molecule has 2 aromatic rings. The quantitative estimate of drug-likeness (QED) is 0.937. The van der Waals surface area contributed by atoms with Gasteiger partial charge in [-0.1, -0.05) is 30.3 Å². The van der Waals surface area contributed by atoms with Gasteiger partial charge in [-0.3, -0.25) is 4.79 Å². The molecule has 0 aliphatic carbocycles. The molecule has 24 heavy (non-hydrogen) atoms. The smallest absolute Gasteiger partial charge is 0.407 e. The van der Waals surface area contributed by atoms with Gasteiger partial charge in [0.2, 0.25) is 0 Å². The van der Waals surface area contributed by atoms with Gasteiger partial charge < -0.3 is 19.4 Å². The lowest BCUT2D eigenvalue weighted by Gasteiger charge is -2.31. The van der Waals surface area contributed by atoms with Crippen molar-refractivity contribution in [3.05, 3.63) is 60.1 Å². The van der Waals surface area contributed by atoms with E-state index in [4.69, 9.17) is 9.15 Å². The van der Waals surface area contributed by atoms with E-state index in [0.717, 1.165) is 5.56 Å². The van der Waals surface area contributed by atoms with E-state index in [1.54, 1.807) is 17.0 Å². The van der Waals surface area contributed by atoms with Crippen molar-refractivity contribution in [1.29, 1.82) is 0 Å². The summed E-state index contributed by atoms with van der Waals surface area (Å²) in [6, 6.07) is 12.9. The minimum Gasteiger partial charge on any atom is -0.459 e. The number of nitrogens with one attached hydrogen (secondary N) is 1. The molecule has 1 saturated heterocycles. The second-order valence-electron chi connectivity index (χ2n) is 5.75. The van der Waals surface area contributed by atoms with Gasteiger partial charge in [0.15, 0.2) is 5.76 Å². The number of carbonyl (C=O) groups is 2. The summed E-state index contributed by atoms with van der Waals surface area (Å²) in [5.74, 6) is 0.244. The highest BCUT2D eigenvalue weighted by atomic mass is 16.5. The van der Waals surface area contributed by atoms with Crippen LogP contribution in [0, 0.1) is 0 Å². The first-order chi connectivity index (χ1) is 11.7. The monoisotopic (exact) mass is 328 g/mol. The van der Waals surface area contributed by atoms with Crippen LogP contribution in [-0.4, -0.2) is 36.0 Å². The van der Waals surface area contributed by atoms with Crippen molar-refractivity contribution in [2.45, 2.75) is 25.5 Å². The normalized spacial score (nSPS) is 15.1. The van der Waals surface area contributed by atoms with E-state index < -0.39 is 6.09 Å². The predicted molar refractivity (Wildman–Crippen MR) is 87.4 cm³/mol. The van der Waals surface area contributed by atoms with Crippen molar-refractivity contribution < 1.29 is 18.7 Å². The molecule has 0 unspecified atom stereocenters. The molecule has 1 N–H and O–H groups in total. The van der Waals surface area contributed by atoms with Crippen LogP contribution in [0.1, 0.15) is 29.0 Å². The topological polar surface area (TPSA) is 71.8 Å². The molecular weight excluding hydrogens is 308 g/mol. The second-order valence-corrected chi connectivity index (χ2v) is 5.75. The Morgan fingerprint density at radius 3 is 2.54 bits per heavy atom. The van der Waals surface area contributed by atoms with Gasteiger partial charge in [-0.15, -0.1) is 0 Å². The number of amides is 2. The van der Waals surface area contributed by atoms with Crippen LogP contribution in [0.4, 0.5) is 4.79 Å². The third-order valence-electron chi connectivity index (χ3n) is 4.05. The number of piperidine rings is 1. The summed E-state index contributed by atoms with van der Waals surface area (Å²) >= 11 is 0. The Hall–Kier alpha value is -2.76. The average Bonchev–Trinajstić information content (AvgIpc) is 3.16. The van der Waals surface area contributed by atoms with Gasteiger partial charge in [0.25, 0.3) is 5.91 Å². The molecule has 0 spiro atoms. The number of likely N-dealkylation sites (tertiary alicyclic amines) is 1. The van der Waals surface area contributed by atoms with Crippen molar-refractivity contribution in [3.63, 3.8) is 0 Å². The summed E-state index contributed by atoms with van der Waals surface area (Å²) in [6.45, 7) is 1.43. The van der Waals surface area contributed by atoms with Crippen LogP contribution in [-0.2, 0) is 11.3 Å². The summed E-state index contributed by atoms with van der Waals surface area (Å²) in [5.41, 5.74) is 0.950. The fourth-order valence-electron chi connectivity index (χ4n) is 2.71. The molecule has 1 aliphatic heterocycles. The molecule has 1 aromatic heterocycles. The molecule has 1 aliphatic rings. The Bertz CT molecular complexity index is 662. The van der Waals surface area contributed by atoms with E-state index in [-0.39, 0.29) is 18.6 Å². The Balaban J connectivity index is 1.40. The number of furan rings is 1. The number of hydrogen-bond acceptors (Lipinski definition) is 4. The fourth-order valence-corrected chi connectivity index (χ4v) is 2.71. The number of rotatable bonds is 4. The van der Waals surface area contributed by atoms with Crippen molar-refractivity contribution in [2.75, 3.05) is 13.1 Å². The average molecular weight is 328 g/mol. The number of hydrogen-bond donors (Lipinski definition) is 1. The maximum absolute atomic E-state index is 12.2. The first-order valence-corrected chi connectivity index (χ1v) is 8.02. The highest BCUT2D eigenvalue weighted by molar-refractivity contribution is 5.91. The van der Waals surface area contributed by atoms with E-state index >= 15 is 0 Å². The molecule has 1 aromatic carbocycles. The van der Waals surface area contributed by atoms with Crippen molar-refractivity contribution in [1.82, 2.24) is 10.2 Å². The Morgan fingerprint density at radius 1 is 1.12 bits per heavy atom. The number of ether oxygens (including phenoxy) is 1. The summed E-state index contributed by atoms with van der Waals surface area (Å²) in [5, 5.41) is 2.86. The molecule has 0 bridgehead atoms. The molecular formula is C18H20N2O4. The molecule has 0 radical (unpaired) electrons. The lowest BCUT2D eigenvalue weighted by Crippen LogP contribution is -2.46. The molecule has 2 heterocycles. The van der Waals surface area contributed by atoms with Crippen LogP contribution in [0.3, 0.4) is 0 Å². The van der Waals surface area contributed by atoms with Gasteiger partial charge in [0, 0.05) is 19.1 Å². The molecule has 0 atom stereocenters. The molecule has 3 rings (SSSR count). The Labute approximate surface area is 140 Å². The van der Waals surface area contributed by atoms with Gasteiger partial charge in [0.1, 0.15) is 6.61 Å². The lowest BCUT2D eigenvalue weighted by atomic mass is 10.1. The largest absolute Gasteiger partial charge is 0.459 e. The van der Waals surface area contributed by atoms with Gasteiger partial charge in [-0.2, -0.15) is 0 Å². The number of nitrogens with zero attached hydrogens (tertiary/aromatic N) is 1. The van der Waals surface area contributed by atoms with Crippen molar-refractivity contribution in [3.8, 4) is 0 Å². The maximum atomic E-state index is 12.2. The molecule has 1 fully saturated rings. The molecule has 6 heteroatoms. The fraction of sp³-hybridized carbons (Fsp3) is 0.333. The van der Waals surface area contributed by atoms with E-state index in [1.807, 2.05) is 30.3 Å². The summed E-state index contributed by atoms with van der Waals surface area (Å²) in [6.07, 6.45) is 2.47. The zero-order chi connectivity index (χ0) is 16.8. The van der Waals surface area contributed by atoms with Crippen LogP contribution in [0.2, 0.25) is 0 Å². The van der Waals surface area contributed by atoms with E-state index in [1.165, 1.54) is 6.26 Å². The highest BCUT2D eigenvalue weighted by Gasteiger charge is 2.26. The minimum absolute atomic E-state index is 0.0222. The van der Waals surface area contributed by atoms with Crippen LogP contribution in [0.25, 0.3) is 0 Å². The minimum atomic E-state index is -0.422. The third-order valence-corrected chi connectivity index (χ3v) is 4.05. The summed E-state index contributed by atoms with van der Waals surface area (Å²) < 4.78 is 10.4. The van der Waals surface area contributed by atoms with Gasteiger partial charge in [-0.05, 0) is 30.5 Å². The Morgan fingerprint density at radius 2 is 1.88 bits per heavy atom. The standard InChI is InChI=1S/C18H20N2O4/c21-17(16-7-4-12-23-16)20-10-8-15(9-11-20)19-18(22)24-13-14-5-2-1-3-6-14/h1-7,12,15H,8-11,13H2,(H,19,22). The zero-order valence-corrected chi connectivity index (χ0v) is 13.3. The van der Waals surface area contributed by atoms with Gasteiger partial charge in [0.05, 0.1) is 6.26 Å². The Kier molecular flexibility index (Phi) is 5.15. The van der Waals surface area contributed by atoms with Crippen LogP contribution < -0.4 is 5.32 Å². The van der Waals surface area contributed by atoms with E-state index in [9.17, 15) is 9.59 Å². The highest BCUT2D eigenvalue weighted by Crippen LogP contribution is 2.14. The maximum Gasteiger partial charge on any atom is 0.407 e. The summed E-state index contributed by atoms with van der Waals surface area (Å²) in [7, 11) is 0. The third kappa shape index (κ3) is 4.16. The molecule has 6 nitrogen and oxygen atoms in total. The van der Waals surface area contributed by atoms with Crippen LogP contribution >= 0.6 is 0 Å². The van der Waals surface area contributed by atoms with Crippen LogP contribution in [0.5, 0.6) is 0 Å². The van der Waals surface area contributed by atoms with Gasteiger partial charge >= 0.3 is 6.09 Å². The predicted octanol–water partition coefficient (Wildman–Crippen LogP) is 2.81. The SMILES string of the molecule is O=C(NC1CCN(C(=O)c2ccco2)CC1)OCc1ccccc1. The zero-order valence-electron chi connectivity index (χ0n) is 13.3.